The Labute approximate surface area is 73.3 Å². The third-order valence-electron chi connectivity index (χ3n) is 2.23. The van der Waals surface area contributed by atoms with Crippen LogP contribution in [0.4, 0.5) is 0 Å². The number of fused-ring (bicyclic) bond motifs is 1. The highest BCUT2D eigenvalue weighted by Gasteiger charge is 2.06. The van der Waals surface area contributed by atoms with E-state index in [-0.39, 0.29) is 0 Å². The van der Waals surface area contributed by atoms with E-state index in [9.17, 15) is 0 Å². The van der Waals surface area contributed by atoms with E-state index >= 15 is 0 Å². The highest BCUT2D eigenvalue weighted by molar-refractivity contribution is 5.56. The van der Waals surface area contributed by atoms with Crippen LogP contribution in [0.15, 0.2) is 24.4 Å². The van der Waals surface area contributed by atoms with Gasteiger partial charge in [0.15, 0.2) is 0 Å². The number of rotatable bonds is 0. The lowest BCUT2D eigenvalue weighted by molar-refractivity contribution is 0.447. The first-order valence-electron chi connectivity index (χ1n) is 4.24. The van der Waals surface area contributed by atoms with E-state index < -0.39 is 0 Å². The number of aryl methyl sites for hydroxylation is 1. The fourth-order valence-electron chi connectivity index (χ4n) is 1.56. The maximum absolute atomic E-state index is 2.26. The van der Waals surface area contributed by atoms with Gasteiger partial charge >= 0.3 is 0 Å². The maximum Gasteiger partial charge on any atom is 0.0426 e. The molecule has 0 aliphatic carbocycles. The summed E-state index contributed by atoms with van der Waals surface area (Å²) in [5.74, 6) is 0. The molecule has 0 aromatic heterocycles. The molecular formula is C11H13N. The maximum atomic E-state index is 2.26. The fraction of sp³-hybridized carbons (Fsp3) is 0.273. The molecule has 1 aromatic rings. The van der Waals surface area contributed by atoms with Crippen LogP contribution in [0.3, 0.4) is 0 Å². The Morgan fingerprint density at radius 1 is 1.33 bits per heavy atom. The molecule has 0 saturated carbocycles. The van der Waals surface area contributed by atoms with Crippen LogP contribution in [-0.4, -0.2) is 11.9 Å². The van der Waals surface area contributed by atoms with E-state index in [1.54, 1.807) is 0 Å². The second-order valence-corrected chi connectivity index (χ2v) is 3.43. The largest absolute Gasteiger partial charge is 0.376 e. The average Bonchev–Trinajstić information content (AvgIpc) is 2.03. The molecule has 0 saturated heterocycles. The molecule has 1 heteroatoms. The summed E-state index contributed by atoms with van der Waals surface area (Å²) in [7, 11) is 2.10. The van der Waals surface area contributed by atoms with Gasteiger partial charge in [0.1, 0.15) is 0 Å². The predicted octanol–water partition coefficient (Wildman–Crippen LogP) is 2.41. The van der Waals surface area contributed by atoms with Crippen molar-refractivity contribution in [2.45, 2.75) is 13.5 Å². The second kappa shape index (κ2) is 2.67. The molecule has 0 unspecified atom stereocenters. The summed E-state index contributed by atoms with van der Waals surface area (Å²) < 4.78 is 0. The van der Waals surface area contributed by atoms with Crippen LogP contribution in [-0.2, 0) is 6.54 Å². The van der Waals surface area contributed by atoms with Gasteiger partial charge in [0.2, 0.25) is 0 Å². The fourth-order valence-corrected chi connectivity index (χ4v) is 1.56. The Morgan fingerprint density at radius 2 is 2.17 bits per heavy atom. The van der Waals surface area contributed by atoms with E-state index in [4.69, 9.17) is 0 Å². The summed E-state index contributed by atoms with van der Waals surface area (Å²) >= 11 is 0. The van der Waals surface area contributed by atoms with Gasteiger partial charge in [0, 0.05) is 13.6 Å². The van der Waals surface area contributed by atoms with Crippen LogP contribution < -0.4 is 0 Å². The van der Waals surface area contributed by atoms with Gasteiger partial charge in [-0.3, -0.25) is 0 Å². The molecule has 62 valence electrons. The molecule has 2 rings (SSSR count). The second-order valence-electron chi connectivity index (χ2n) is 3.43. The molecular weight excluding hydrogens is 146 g/mol. The van der Waals surface area contributed by atoms with Crippen molar-refractivity contribution in [3.63, 3.8) is 0 Å². The lowest BCUT2D eigenvalue weighted by Crippen LogP contribution is -2.14. The number of hydrogen-bond donors (Lipinski definition) is 0. The molecule has 0 spiro atoms. The van der Waals surface area contributed by atoms with Crippen molar-refractivity contribution in [3.8, 4) is 0 Å². The normalized spacial score (nSPS) is 14.7. The van der Waals surface area contributed by atoms with Gasteiger partial charge in [-0.15, -0.1) is 0 Å². The highest BCUT2D eigenvalue weighted by atomic mass is 15.1. The molecule has 0 atom stereocenters. The highest BCUT2D eigenvalue weighted by Crippen LogP contribution is 2.19. The Morgan fingerprint density at radius 3 is 3.00 bits per heavy atom. The van der Waals surface area contributed by atoms with Crippen LogP contribution in [0.25, 0.3) is 6.08 Å². The molecule has 1 aromatic carbocycles. The lowest BCUT2D eigenvalue weighted by atomic mass is 10.0. The van der Waals surface area contributed by atoms with Crippen molar-refractivity contribution >= 4 is 6.08 Å². The lowest BCUT2D eigenvalue weighted by Gasteiger charge is -2.20. The molecule has 12 heavy (non-hydrogen) atoms. The first kappa shape index (κ1) is 7.41. The zero-order chi connectivity index (χ0) is 8.55. The smallest absolute Gasteiger partial charge is 0.0426 e. The van der Waals surface area contributed by atoms with Gasteiger partial charge in [-0.2, -0.15) is 0 Å². The molecule has 1 heterocycles. The molecule has 0 fully saturated rings. The van der Waals surface area contributed by atoms with Crippen LogP contribution in [0.1, 0.15) is 16.7 Å². The zero-order valence-corrected chi connectivity index (χ0v) is 7.54. The van der Waals surface area contributed by atoms with Crippen molar-refractivity contribution in [2.75, 3.05) is 7.05 Å². The van der Waals surface area contributed by atoms with Crippen molar-refractivity contribution in [1.29, 1.82) is 0 Å². The van der Waals surface area contributed by atoms with Crippen LogP contribution in [0, 0.1) is 6.92 Å². The zero-order valence-electron chi connectivity index (χ0n) is 7.54. The number of hydrogen-bond acceptors (Lipinski definition) is 1. The van der Waals surface area contributed by atoms with E-state index in [1.807, 2.05) is 0 Å². The number of benzene rings is 1. The minimum Gasteiger partial charge on any atom is -0.376 e. The van der Waals surface area contributed by atoms with E-state index in [0.29, 0.717) is 0 Å². The summed E-state index contributed by atoms with van der Waals surface area (Å²) in [6.45, 7) is 3.17. The molecule has 1 aliphatic heterocycles. The monoisotopic (exact) mass is 159 g/mol. The summed E-state index contributed by atoms with van der Waals surface area (Å²) in [6.07, 6.45) is 4.29. The topological polar surface area (TPSA) is 3.24 Å². The van der Waals surface area contributed by atoms with Crippen LogP contribution in [0.2, 0.25) is 0 Å². The summed E-state index contributed by atoms with van der Waals surface area (Å²) in [6, 6.07) is 6.61. The van der Waals surface area contributed by atoms with Gasteiger partial charge in [0.05, 0.1) is 0 Å². The Balaban J connectivity index is 2.47. The van der Waals surface area contributed by atoms with Crippen molar-refractivity contribution in [1.82, 2.24) is 4.90 Å². The standard InChI is InChI=1S/C11H13N/c1-9-3-4-10-5-6-12(2)8-11(10)7-9/h3-7H,8H2,1-2H3. The van der Waals surface area contributed by atoms with Gasteiger partial charge < -0.3 is 4.90 Å². The van der Waals surface area contributed by atoms with Crippen molar-refractivity contribution in [2.24, 2.45) is 0 Å². The quantitative estimate of drug-likeness (QED) is 0.562. The SMILES string of the molecule is Cc1ccc2c(c1)CN(C)C=C2. The minimum absolute atomic E-state index is 1.04. The van der Waals surface area contributed by atoms with Crippen molar-refractivity contribution < 1.29 is 0 Å². The Kier molecular flexibility index (Phi) is 1.65. The van der Waals surface area contributed by atoms with Gasteiger partial charge in [-0.25, -0.2) is 0 Å². The van der Waals surface area contributed by atoms with E-state index in [2.05, 4.69) is 49.3 Å². The van der Waals surface area contributed by atoms with Crippen LogP contribution >= 0.6 is 0 Å². The van der Waals surface area contributed by atoms with Crippen LogP contribution in [0.5, 0.6) is 0 Å². The van der Waals surface area contributed by atoms with Crippen molar-refractivity contribution in [3.05, 3.63) is 41.1 Å². The summed E-state index contributed by atoms with van der Waals surface area (Å²) in [5.41, 5.74) is 4.14. The van der Waals surface area contributed by atoms with Gasteiger partial charge in [-0.05, 0) is 30.3 Å². The molecule has 0 bridgehead atoms. The molecule has 1 nitrogen and oxygen atoms in total. The first-order chi connectivity index (χ1) is 5.75. The number of nitrogens with zero attached hydrogens (tertiary/aromatic N) is 1. The minimum atomic E-state index is 1.04. The van der Waals surface area contributed by atoms with E-state index in [1.165, 1.54) is 16.7 Å². The third-order valence-corrected chi connectivity index (χ3v) is 2.23. The molecule has 0 amide bonds. The van der Waals surface area contributed by atoms with E-state index in [0.717, 1.165) is 6.54 Å². The molecule has 1 aliphatic rings. The Bertz CT molecular complexity index is 326. The first-order valence-corrected chi connectivity index (χ1v) is 4.24. The summed E-state index contributed by atoms with van der Waals surface area (Å²) in [4.78, 5) is 2.20. The third kappa shape index (κ3) is 1.22. The van der Waals surface area contributed by atoms with Gasteiger partial charge in [0.25, 0.3) is 0 Å². The average molecular weight is 159 g/mol. The Hall–Kier alpha value is -1.24. The predicted molar refractivity (Wildman–Crippen MR) is 51.7 cm³/mol. The van der Waals surface area contributed by atoms with Gasteiger partial charge in [-0.1, -0.05) is 23.8 Å². The molecule has 0 N–H and O–H groups in total. The summed E-state index contributed by atoms with van der Waals surface area (Å²) in [5, 5.41) is 0. The molecule has 0 radical (unpaired) electrons.